The van der Waals surface area contributed by atoms with Crippen molar-refractivity contribution in [3.63, 3.8) is 0 Å². The van der Waals surface area contributed by atoms with Crippen molar-refractivity contribution in [1.29, 1.82) is 0 Å². The molecule has 2 rings (SSSR count). The number of aliphatic imine (C=N–C) groups is 1. The number of halogens is 3. The van der Waals surface area contributed by atoms with Crippen molar-refractivity contribution in [2.75, 3.05) is 7.11 Å². The second-order valence-corrected chi connectivity index (χ2v) is 3.53. The van der Waals surface area contributed by atoms with E-state index in [0.29, 0.717) is 5.75 Å². The van der Waals surface area contributed by atoms with Crippen LogP contribution in [-0.2, 0) is 9.53 Å². The summed E-state index contributed by atoms with van der Waals surface area (Å²) in [6.07, 6.45) is -4.73. The third-order valence-corrected chi connectivity index (χ3v) is 2.31. The maximum atomic E-state index is 12.4. The molecule has 0 N–H and O–H groups in total. The lowest BCUT2D eigenvalue weighted by Crippen LogP contribution is -2.32. The van der Waals surface area contributed by atoms with Crippen molar-refractivity contribution >= 4 is 11.9 Å². The van der Waals surface area contributed by atoms with E-state index in [1.165, 1.54) is 31.4 Å². The summed E-state index contributed by atoms with van der Waals surface area (Å²) < 4.78 is 46.6. The van der Waals surface area contributed by atoms with Crippen LogP contribution in [-0.4, -0.2) is 31.2 Å². The summed E-state index contributed by atoms with van der Waals surface area (Å²) >= 11 is 0. The molecule has 1 aromatic carbocycles. The van der Waals surface area contributed by atoms with Crippen LogP contribution in [0.25, 0.3) is 0 Å². The Labute approximate surface area is 100 Å². The third-order valence-electron chi connectivity index (χ3n) is 2.31. The summed E-state index contributed by atoms with van der Waals surface area (Å²) in [5, 5.41) is 0. The fraction of sp³-hybridized carbons (Fsp3) is 0.273. The highest BCUT2D eigenvalue weighted by Gasteiger charge is 2.50. The Bertz CT molecular complexity index is 493. The predicted octanol–water partition coefficient (Wildman–Crippen LogP) is 1.93. The van der Waals surface area contributed by atoms with Gasteiger partial charge in [0.25, 0.3) is 0 Å². The molecule has 0 radical (unpaired) electrons. The van der Waals surface area contributed by atoms with E-state index in [0.717, 1.165) is 0 Å². The molecule has 0 aliphatic carbocycles. The van der Waals surface area contributed by atoms with Gasteiger partial charge < -0.3 is 9.47 Å². The fourth-order valence-corrected chi connectivity index (χ4v) is 1.42. The molecule has 0 bridgehead atoms. The fourth-order valence-electron chi connectivity index (χ4n) is 1.42. The summed E-state index contributed by atoms with van der Waals surface area (Å²) in [7, 11) is 1.46. The van der Waals surface area contributed by atoms with Crippen molar-refractivity contribution in [2.24, 2.45) is 4.99 Å². The monoisotopic (exact) mass is 259 g/mol. The number of nitrogens with zero attached hydrogens (tertiary/aromatic N) is 1. The molecule has 1 aromatic rings. The van der Waals surface area contributed by atoms with Crippen LogP contribution < -0.4 is 4.74 Å². The number of hydrogen-bond donors (Lipinski definition) is 0. The van der Waals surface area contributed by atoms with Gasteiger partial charge in [-0.15, -0.1) is 0 Å². The molecule has 1 unspecified atom stereocenters. The third kappa shape index (κ3) is 2.29. The maximum Gasteiger partial charge on any atom is 0.421 e. The molecule has 1 atom stereocenters. The SMILES string of the molecule is COc1ccc(C2=NC(C(F)(F)F)C(=O)O2)cc1. The number of esters is 1. The Morgan fingerprint density at radius 3 is 2.33 bits per heavy atom. The number of hydrogen-bond acceptors (Lipinski definition) is 4. The van der Waals surface area contributed by atoms with Gasteiger partial charge in [0.05, 0.1) is 7.11 Å². The largest absolute Gasteiger partial charge is 0.497 e. The first-order valence-electron chi connectivity index (χ1n) is 4.92. The molecule has 18 heavy (non-hydrogen) atoms. The van der Waals surface area contributed by atoms with Crippen molar-refractivity contribution in [3.05, 3.63) is 29.8 Å². The molecule has 0 aromatic heterocycles. The Morgan fingerprint density at radius 1 is 1.28 bits per heavy atom. The number of alkyl halides is 3. The van der Waals surface area contributed by atoms with Crippen LogP contribution in [0.4, 0.5) is 13.2 Å². The van der Waals surface area contributed by atoms with Gasteiger partial charge in [-0.2, -0.15) is 13.2 Å². The van der Waals surface area contributed by atoms with E-state index in [1.807, 2.05) is 0 Å². The molecule has 0 spiro atoms. The van der Waals surface area contributed by atoms with E-state index in [-0.39, 0.29) is 11.5 Å². The quantitative estimate of drug-likeness (QED) is 0.762. The summed E-state index contributed by atoms with van der Waals surface area (Å²) in [6, 6.07) is 3.56. The minimum absolute atomic E-state index is 0.288. The Balaban J connectivity index is 2.26. The normalized spacial score (nSPS) is 19.4. The van der Waals surface area contributed by atoms with E-state index >= 15 is 0 Å². The minimum atomic E-state index is -4.73. The molecule has 1 aliphatic rings. The standard InChI is InChI=1S/C11H8F3NO3/c1-17-7-4-2-6(3-5-7)9-15-8(10(16)18-9)11(12,13)14/h2-5,8H,1H3. The highest BCUT2D eigenvalue weighted by Crippen LogP contribution is 2.28. The van der Waals surface area contributed by atoms with Gasteiger partial charge in [0, 0.05) is 5.56 Å². The van der Waals surface area contributed by atoms with Gasteiger partial charge in [-0.25, -0.2) is 9.79 Å². The molecule has 0 saturated carbocycles. The number of rotatable bonds is 2. The van der Waals surface area contributed by atoms with E-state index in [2.05, 4.69) is 9.73 Å². The van der Waals surface area contributed by atoms with Crippen LogP contribution in [0, 0.1) is 0 Å². The van der Waals surface area contributed by atoms with E-state index < -0.39 is 18.2 Å². The topological polar surface area (TPSA) is 47.9 Å². The van der Waals surface area contributed by atoms with Crippen molar-refractivity contribution in [2.45, 2.75) is 12.2 Å². The van der Waals surface area contributed by atoms with Crippen LogP contribution in [0.15, 0.2) is 29.3 Å². The summed E-state index contributed by atoms with van der Waals surface area (Å²) in [5.41, 5.74) is 0.288. The van der Waals surface area contributed by atoms with E-state index in [1.54, 1.807) is 0 Å². The Kier molecular flexibility index (Phi) is 2.98. The Morgan fingerprint density at radius 2 is 1.89 bits per heavy atom. The first kappa shape index (κ1) is 12.4. The molecule has 1 aliphatic heterocycles. The highest BCUT2D eigenvalue weighted by atomic mass is 19.4. The average molecular weight is 259 g/mol. The summed E-state index contributed by atoms with van der Waals surface area (Å²) in [6.45, 7) is 0. The highest BCUT2D eigenvalue weighted by molar-refractivity contribution is 6.06. The van der Waals surface area contributed by atoms with Crippen LogP contribution in [0.2, 0.25) is 0 Å². The average Bonchev–Trinajstić information content (AvgIpc) is 2.71. The van der Waals surface area contributed by atoms with Crippen LogP contribution in [0.5, 0.6) is 5.75 Å². The molecule has 0 amide bonds. The second kappa shape index (κ2) is 4.32. The Hall–Kier alpha value is -2.05. The zero-order valence-electron chi connectivity index (χ0n) is 9.19. The van der Waals surface area contributed by atoms with Crippen LogP contribution in [0.3, 0.4) is 0 Å². The van der Waals surface area contributed by atoms with Gasteiger partial charge in [0.2, 0.25) is 11.9 Å². The van der Waals surface area contributed by atoms with Gasteiger partial charge >= 0.3 is 12.1 Å². The number of ether oxygens (including phenoxy) is 2. The van der Waals surface area contributed by atoms with Gasteiger partial charge in [-0.3, -0.25) is 0 Å². The number of cyclic esters (lactones) is 1. The lowest BCUT2D eigenvalue weighted by molar-refractivity contribution is -0.168. The molecule has 4 nitrogen and oxygen atoms in total. The van der Waals surface area contributed by atoms with Gasteiger partial charge in [-0.1, -0.05) is 0 Å². The smallest absolute Gasteiger partial charge is 0.421 e. The first-order valence-corrected chi connectivity index (χ1v) is 4.92. The lowest BCUT2D eigenvalue weighted by Gasteiger charge is -2.06. The van der Waals surface area contributed by atoms with Crippen molar-refractivity contribution < 1.29 is 27.4 Å². The van der Waals surface area contributed by atoms with E-state index in [4.69, 9.17) is 4.74 Å². The number of benzene rings is 1. The number of carbonyl (C=O) groups excluding carboxylic acids is 1. The zero-order chi connectivity index (χ0) is 13.3. The second-order valence-electron chi connectivity index (χ2n) is 3.53. The van der Waals surface area contributed by atoms with Crippen molar-refractivity contribution in [1.82, 2.24) is 0 Å². The molecule has 7 heteroatoms. The van der Waals surface area contributed by atoms with Gasteiger partial charge in [0.15, 0.2) is 0 Å². The number of carbonyl (C=O) groups is 1. The van der Waals surface area contributed by atoms with Gasteiger partial charge in [0.1, 0.15) is 5.75 Å². The summed E-state index contributed by atoms with van der Waals surface area (Å²) in [5.74, 6) is -1.20. The molecular weight excluding hydrogens is 251 g/mol. The van der Waals surface area contributed by atoms with Gasteiger partial charge in [-0.05, 0) is 24.3 Å². The van der Waals surface area contributed by atoms with Crippen LogP contribution >= 0.6 is 0 Å². The molecule has 0 saturated heterocycles. The minimum Gasteiger partial charge on any atom is -0.497 e. The van der Waals surface area contributed by atoms with Crippen LogP contribution in [0.1, 0.15) is 5.56 Å². The molecular formula is C11H8F3NO3. The van der Waals surface area contributed by atoms with Crippen molar-refractivity contribution in [3.8, 4) is 5.75 Å². The zero-order valence-corrected chi connectivity index (χ0v) is 9.19. The number of methoxy groups -OCH3 is 1. The molecule has 96 valence electrons. The first-order chi connectivity index (χ1) is 8.41. The van der Waals surface area contributed by atoms with E-state index in [9.17, 15) is 18.0 Å². The lowest BCUT2D eigenvalue weighted by atomic mass is 10.2. The molecule has 0 fully saturated rings. The summed E-state index contributed by atoms with van der Waals surface area (Å²) in [4.78, 5) is 14.3. The predicted molar refractivity (Wildman–Crippen MR) is 55.5 cm³/mol. The maximum absolute atomic E-state index is 12.4. The molecule has 1 heterocycles.